The third-order valence-corrected chi connectivity index (χ3v) is 4.71. The molecular formula is C17H22F2N2O. The fourth-order valence-corrected chi connectivity index (χ4v) is 3.45. The third kappa shape index (κ3) is 2.86. The number of nitrogens with one attached hydrogen (secondary N) is 1. The van der Waals surface area contributed by atoms with E-state index in [1.54, 1.807) is 6.07 Å². The Labute approximate surface area is 129 Å². The summed E-state index contributed by atoms with van der Waals surface area (Å²) in [5.41, 5.74) is 0.347. The number of rotatable bonds is 5. The van der Waals surface area contributed by atoms with E-state index in [0.29, 0.717) is 12.0 Å². The number of nitrogens with zero attached hydrogens (tertiary/aromatic N) is 1. The monoisotopic (exact) mass is 308 g/mol. The van der Waals surface area contributed by atoms with Gasteiger partial charge in [0.15, 0.2) is 11.6 Å². The molecule has 5 heteroatoms. The SMILES string of the molecule is CCCN(C(=O)C1CC1c1cccc(F)c1F)C1CCNC1. The molecule has 0 bridgehead atoms. The molecule has 3 atom stereocenters. The molecule has 1 aliphatic heterocycles. The second-order valence-corrected chi connectivity index (χ2v) is 6.27. The molecule has 2 fully saturated rings. The maximum absolute atomic E-state index is 13.9. The minimum absolute atomic E-state index is 0.101. The Morgan fingerprint density at radius 3 is 2.91 bits per heavy atom. The summed E-state index contributed by atoms with van der Waals surface area (Å²) in [6.07, 6.45) is 2.50. The molecule has 1 saturated heterocycles. The smallest absolute Gasteiger partial charge is 0.226 e. The van der Waals surface area contributed by atoms with Crippen molar-refractivity contribution >= 4 is 5.91 Å². The van der Waals surface area contributed by atoms with E-state index in [0.717, 1.165) is 38.5 Å². The largest absolute Gasteiger partial charge is 0.338 e. The number of carbonyl (C=O) groups excluding carboxylic acids is 1. The van der Waals surface area contributed by atoms with Crippen molar-refractivity contribution in [2.75, 3.05) is 19.6 Å². The van der Waals surface area contributed by atoms with Crippen molar-refractivity contribution in [3.05, 3.63) is 35.4 Å². The van der Waals surface area contributed by atoms with Crippen molar-refractivity contribution in [2.24, 2.45) is 5.92 Å². The molecule has 1 aromatic rings. The van der Waals surface area contributed by atoms with Crippen LogP contribution in [0.5, 0.6) is 0 Å². The van der Waals surface area contributed by atoms with E-state index in [2.05, 4.69) is 12.2 Å². The Balaban J connectivity index is 1.71. The van der Waals surface area contributed by atoms with Crippen LogP contribution in [0.4, 0.5) is 8.78 Å². The zero-order chi connectivity index (χ0) is 15.7. The van der Waals surface area contributed by atoms with Gasteiger partial charge in [-0.1, -0.05) is 19.1 Å². The number of amides is 1. The van der Waals surface area contributed by atoms with Gasteiger partial charge in [0.05, 0.1) is 0 Å². The highest BCUT2D eigenvalue weighted by Crippen LogP contribution is 2.49. The standard InChI is InChI=1S/C17H22F2N2O/c1-2-8-21(11-6-7-20-10-11)17(22)14-9-13(14)12-4-3-5-15(18)16(12)19/h3-5,11,13-14,20H,2,6-10H2,1H3. The summed E-state index contributed by atoms with van der Waals surface area (Å²) in [4.78, 5) is 14.7. The first-order valence-electron chi connectivity index (χ1n) is 8.08. The number of hydrogen-bond acceptors (Lipinski definition) is 2. The number of hydrogen-bond donors (Lipinski definition) is 1. The van der Waals surface area contributed by atoms with E-state index >= 15 is 0 Å². The van der Waals surface area contributed by atoms with Crippen LogP contribution < -0.4 is 5.32 Å². The number of benzene rings is 1. The minimum Gasteiger partial charge on any atom is -0.338 e. The van der Waals surface area contributed by atoms with Crippen molar-refractivity contribution in [1.82, 2.24) is 10.2 Å². The van der Waals surface area contributed by atoms with Gasteiger partial charge in [-0.15, -0.1) is 0 Å². The normalized spacial score (nSPS) is 27.0. The van der Waals surface area contributed by atoms with E-state index < -0.39 is 11.6 Å². The molecule has 1 aliphatic carbocycles. The first-order chi connectivity index (χ1) is 10.6. The molecule has 0 aromatic heterocycles. The lowest BCUT2D eigenvalue weighted by molar-refractivity contribution is -0.134. The first kappa shape index (κ1) is 15.4. The molecule has 3 unspecified atom stereocenters. The lowest BCUT2D eigenvalue weighted by Gasteiger charge is -2.28. The topological polar surface area (TPSA) is 32.3 Å². The Morgan fingerprint density at radius 1 is 1.41 bits per heavy atom. The molecule has 1 N–H and O–H groups in total. The molecule has 1 aromatic carbocycles. The van der Waals surface area contributed by atoms with Crippen LogP contribution in [0.15, 0.2) is 18.2 Å². The summed E-state index contributed by atoms with van der Waals surface area (Å²) in [5, 5.41) is 3.28. The zero-order valence-electron chi connectivity index (χ0n) is 12.8. The van der Waals surface area contributed by atoms with Crippen LogP contribution >= 0.6 is 0 Å². The van der Waals surface area contributed by atoms with Crippen molar-refractivity contribution in [3.63, 3.8) is 0 Å². The Hall–Kier alpha value is -1.49. The summed E-state index contributed by atoms with van der Waals surface area (Å²) in [7, 11) is 0. The second-order valence-electron chi connectivity index (χ2n) is 6.27. The summed E-state index contributed by atoms with van der Waals surface area (Å²) >= 11 is 0. The van der Waals surface area contributed by atoms with E-state index in [-0.39, 0.29) is 23.8 Å². The fourth-order valence-electron chi connectivity index (χ4n) is 3.45. The molecule has 1 amide bonds. The van der Waals surface area contributed by atoms with Gasteiger partial charge in [-0.2, -0.15) is 0 Å². The van der Waals surface area contributed by atoms with Crippen molar-refractivity contribution < 1.29 is 13.6 Å². The molecular weight excluding hydrogens is 286 g/mol. The lowest BCUT2D eigenvalue weighted by atomic mass is 10.1. The summed E-state index contributed by atoms with van der Waals surface area (Å²) < 4.78 is 27.2. The number of carbonyl (C=O) groups is 1. The predicted molar refractivity (Wildman–Crippen MR) is 80.5 cm³/mol. The quantitative estimate of drug-likeness (QED) is 0.907. The summed E-state index contributed by atoms with van der Waals surface area (Å²) in [6, 6.07) is 4.47. The van der Waals surface area contributed by atoms with E-state index in [1.165, 1.54) is 6.07 Å². The highest BCUT2D eigenvalue weighted by molar-refractivity contribution is 5.83. The minimum atomic E-state index is -0.832. The molecule has 0 radical (unpaired) electrons. The van der Waals surface area contributed by atoms with E-state index in [4.69, 9.17) is 0 Å². The van der Waals surface area contributed by atoms with Crippen LogP contribution in [0.3, 0.4) is 0 Å². The van der Waals surface area contributed by atoms with Gasteiger partial charge in [0.25, 0.3) is 0 Å². The van der Waals surface area contributed by atoms with Gasteiger partial charge in [0.1, 0.15) is 0 Å². The van der Waals surface area contributed by atoms with Gasteiger partial charge in [0.2, 0.25) is 5.91 Å². The zero-order valence-corrected chi connectivity index (χ0v) is 12.8. The van der Waals surface area contributed by atoms with Crippen LogP contribution in [0.1, 0.15) is 37.7 Å². The number of halogens is 2. The Morgan fingerprint density at radius 2 is 2.23 bits per heavy atom. The third-order valence-electron chi connectivity index (χ3n) is 4.71. The lowest BCUT2D eigenvalue weighted by Crippen LogP contribution is -2.43. The molecule has 120 valence electrons. The maximum Gasteiger partial charge on any atom is 0.226 e. The predicted octanol–water partition coefficient (Wildman–Crippen LogP) is 2.67. The molecule has 3 rings (SSSR count). The van der Waals surface area contributed by atoms with Crippen molar-refractivity contribution in [2.45, 2.75) is 38.1 Å². The van der Waals surface area contributed by atoms with Gasteiger partial charge in [0, 0.05) is 25.0 Å². The van der Waals surface area contributed by atoms with Crippen LogP contribution in [0.25, 0.3) is 0 Å². The highest BCUT2D eigenvalue weighted by Gasteiger charge is 2.48. The second kappa shape index (κ2) is 6.32. The molecule has 22 heavy (non-hydrogen) atoms. The first-order valence-corrected chi connectivity index (χ1v) is 8.08. The van der Waals surface area contributed by atoms with E-state index in [1.807, 2.05) is 4.90 Å². The van der Waals surface area contributed by atoms with Crippen LogP contribution in [-0.4, -0.2) is 36.5 Å². The molecule has 0 spiro atoms. The van der Waals surface area contributed by atoms with Gasteiger partial charge < -0.3 is 10.2 Å². The molecule has 2 aliphatic rings. The maximum atomic E-state index is 13.9. The Bertz CT molecular complexity index is 558. The summed E-state index contributed by atoms with van der Waals surface area (Å²) in [5.74, 6) is -1.89. The van der Waals surface area contributed by atoms with Crippen molar-refractivity contribution in [1.29, 1.82) is 0 Å². The van der Waals surface area contributed by atoms with E-state index in [9.17, 15) is 13.6 Å². The molecule has 1 heterocycles. The van der Waals surface area contributed by atoms with Crippen LogP contribution in [0.2, 0.25) is 0 Å². The summed E-state index contributed by atoms with van der Waals surface area (Å²) in [6.45, 7) is 4.56. The Kier molecular flexibility index (Phi) is 4.43. The highest BCUT2D eigenvalue weighted by atomic mass is 19.2. The van der Waals surface area contributed by atoms with Gasteiger partial charge >= 0.3 is 0 Å². The van der Waals surface area contributed by atoms with Gasteiger partial charge in [-0.3, -0.25) is 4.79 Å². The molecule has 3 nitrogen and oxygen atoms in total. The average Bonchev–Trinajstić information content (AvgIpc) is 3.12. The van der Waals surface area contributed by atoms with Crippen molar-refractivity contribution in [3.8, 4) is 0 Å². The van der Waals surface area contributed by atoms with Gasteiger partial charge in [-0.05, 0) is 43.4 Å². The van der Waals surface area contributed by atoms with Crippen LogP contribution in [-0.2, 0) is 4.79 Å². The molecule has 1 saturated carbocycles. The van der Waals surface area contributed by atoms with Gasteiger partial charge in [-0.25, -0.2) is 8.78 Å². The fraction of sp³-hybridized carbons (Fsp3) is 0.588. The van der Waals surface area contributed by atoms with Crippen LogP contribution in [0, 0.1) is 17.6 Å². The average molecular weight is 308 g/mol.